The lowest BCUT2D eigenvalue weighted by atomic mass is 10.1. The van der Waals surface area contributed by atoms with Crippen molar-refractivity contribution in [3.8, 4) is 0 Å². The zero-order valence-electron chi connectivity index (χ0n) is 12.8. The fraction of sp³-hybridized carbons (Fsp3) is 0.235. The Hall–Kier alpha value is -2.18. The Bertz CT molecular complexity index is 902. The number of nitrogens with zero attached hydrogens (tertiary/aromatic N) is 1. The third-order valence-corrected chi connectivity index (χ3v) is 4.85. The van der Waals surface area contributed by atoms with Crippen molar-refractivity contribution in [3.63, 3.8) is 0 Å². The summed E-state index contributed by atoms with van der Waals surface area (Å²) in [6.07, 6.45) is 0.601. The maximum atomic E-state index is 12.1. The van der Waals surface area contributed by atoms with Gasteiger partial charge in [-0.1, -0.05) is 36.4 Å². The van der Waals surface area contributed by atoms with Gasteiger partial charge in [-0.25, -0.2) is 18.1 Å². The molecule has 0 aliphatic heterocycles. The van der Waals surface area contributed by atoms with Crippen LogP contribution in [0, 0.1) is 6.92 Å². The van der Waals surface area contributed by atoms with E-state index in [-0.39, 0.29) is 5.75 Å². The van der Waals surface area contributed by atoms with Crippen LogP contribution in [-0.4, -0.2) is 19.9 Å². The van der Waals surface area contributed by atoms with E-state index in [2.05, 4.69) is 9.71 Å². The third kappa shape index (κ3) is 4.18. The molecule has 3 aromatic rings. The molecular formula is C17H18N2O3S. The predicted molar refractivity (Wildman–Crippen MR) is 89.5 cm³/mol. The molecule has 0 amide bonds. The highest BCUT2D eigenvalue weighted by Crippen LogP contribution is 2.17. The number of oxazole rings is 1. The molecule has 0 atom stereocenters. The van der Waals surface area contributed by atoms with Gasteiger partial charge in [0, 0.05) is 13.5 Å². The van der Waals surface area contributed by atoms with Crippen molar-refractivity contribution in [1.82, 2.24) is 9.71 Å². The third-order valence-electron chi connectivity index (χ3n) is 3.49. The predicted octanol–water partition coefficient (Wildman–Crippen LogP) is 2.80. The molecule has 1 aromatic heterocycles. The molecule has 0 aliphatic carbocycles. The number of hydrogen-bond acceptors (Lipinski definition) is 4. The van der Waals surface area contributed by atoms with Crippen molar-refractivity contribution < 1.29 is 12.8 Å². The molecule has 1 heterocycles. The molecule has 5 nitrogen and oxygen atoms in total. The second-order valence-corrected chi connectivity index (χ2v) is 7.23. The second kappa shape index (κ2) is 6.52. The van der Waals surface area contributed by atoms with Gasteiger partial charge in [0.05, 0.1) is 5.75 Å². The Labute approximate surface area is 135 Å². The van der Waals surface area contributed by atoms with Crippen LogP contribution >= 0.6 is 0 Å². The summed E-state index contributed by atoms with van der Waals surface area (Å²) < 4.78 is 32.3. The molecule has 0 unspecified atom stereocenters. The van der Waals surface area contributed by atoms with E-state index < -0.39 is 10.0 Å². The molecule has 0 saturated heterocycles. The van der Waals surface area contributed by atoms with E-state index in [9.17, 15) is 8.42 Å². The van der Waals surface area contributed by atoms with Crippen molar-refractivity contribution >= 4 is 21.1 Å². The number of hydrogen-bond donors (Lipinski definition) is 1. The first kappa shape index (κ1) is 15.7. The maximum Gasteiger partial charge on any atom is 0.215 e. The van der Waals surface area contributed by atoms with Gasteiger partial charge >= 0.3 is 0 Å². The van der Waals surface area contributed by atoms with Gasteiger partial charge in [0.15, 0.2) is 11.5 Å². The first-order valence-electron chi connectivity index (χ1n) is 7.39. The van der Waals surface area contributed by atoms with Gasteiger partial charge < -0.3 is 4.42 Å². The molecule has 0 aliphatic rings. The molecule has 6 heteroatoms. The zero-order valence-corrected chi connectivity index (χ0v) is 13.6. The zero-order chi connectivity index (χ0) is 16.3. The highest BCUT2D eigenvalue weighted by atomic mass is 32.2. The van der Waals surface area contributed by atoms with E-state index in [1.54, 1.807) is 19.1 Å². The summed E-state index contributed by atoms with van der Waals surface area (Å²) in [7, 11) is -3.33. The van der Waals surface area contributed by atoms with Crippen LogP contribution in [0.1, 0.15) is 17.0 Å². The lowest BCUT2D eigenvalue weighted by Crippen LogP contribution is -2.27. The Balaban J connectivity index is 1.59. The van der Waals surface area contributed by atoms with E-state index in [1.165, 1.54) is 0 Å². The van der Waals surface area contributed by atoms with Gasteiger partial charge in [-0.3, -0.25) is 0 Å². The Morgan fingerprint density at radius 1 is 1.09 bits per heavy atom. The number of aryl methyl sites for hydroxylation is 1. The van der Waals surface area contributed by atoms with Crippen LogP contribution in [0.25, 0.3) is 11.1 Å². The summed E-state index contributed by atoms with van der Waals surface area (Å²) in [5.41, 5.74) is 3.33. The molecule has 0 saturated carbocycles. The molecule has 2 aromatic carbocycles. The SMILES string of the molecule is Cc1nc2ccc(CCNS(=O)(=O)Cc3ccccc3)cc2o1. The molecular weight excluding hydrogens is 312 g/mol. The minimum absolute atomic E-state index is 0.00578. The summed E-state index contributed by atoms with van der Waals surface area (Å²) in [6, 6.07) is 14.9. The fourth-order valence-corrected chi connectivity index (χ4v) is 3.58. The molecule has 0 fully saturated rings. The minimum Gasteiger partial charge on any atom is -0.441 e. The highest BCUT2D eigenvalue weighted by molar-refractivity contribution is 7.88. The van der Waals surface area contributed by atoms with Crippen LogP contribution in [0.5, 0.6) is 0 Å². The summed E-state index contributed by atoms with van der Waals surface area (Å²) in [6.45, 7) is 2.16. The average Bonchev–Trinajstić information content (AvgIpc) is 2.87. The lowest BCUT2D eigenvalue weighted by molar-refractivity contribution is 0.560. The minimum atomic E-state index is -3.33. The molecule has 0 bridgehead atoms. The van der Waals surface area contributed by atoms with Crippen molar-refractivity contribution in [2.45, 2.75) is 19.1 Å². The van der Waals surface area contributed by atoms with E-state index in [1.807, 2.05) is 36.4 Å². The Kier molecular flexibility index (Phi) is 4.45. The van der Waals surface area contributed by atoms with Crippen LogP contribution in [0.2, 0.25) is 0 Å². The van der Waals surface area contributed by atoms with Crippen LogP contribution in [0.3, 0.4) is 0 Å². The standard InChI is InChI=1S/C17H18N2O3S/c1-13-19-16-8-7-14(11-17(16)22-13)9-10-18-23(20,21)12-15-5-3-2-4-6-15/h2-8,11,18H,9-10,12H2,1H3. The van der Waals surface area contributed by atoms with Crippen LogP contribution in [0.4, 0.5) is 0 Å². The van der Waals surface area contributed by atoms with E-state index in [0.29, 0.717) is 18.9 Å². The fourth-order valence-electron chi connectivity index (χ4n) is 2.44. The quantitative estimate of drug-likeness (QED) is 0.754. The summed E-state index contributed by atoms with van der Waals surface area (Å²) in [4.78, 5) is 4.24. The Morgan fingerprint density at radius 2 is 1.87 bits per heavy atom. The van der Waals surface area contributed by atoms with Gasteiger partial charge in [0.1, 0.15) is 5.52 Å². The molecule has 23 heavy (non-hydrogen) atoms. The second-order valence-electron chi connectivity index (χ2n) is 5.42. The highest BCUT2D eigenvalue weighted by Gasteiger charge is 2.11. The van der Waals surface area contributed by atoms with E-state index in [4.69, 9.17) is 4.42 Å². The van der Waals surface area contributed by atoms with Gasteiger partial charge in [-0.15, -0.1) is 0 Å². The van der Waals surface area contributed by atoms with Crippen molar-refractivity contribution in [1.29, 1.82) is 0 Å². The molecule has 0 radical (unpaired) electrons. The van der Waals surface area contributed by atoms with Crippen LogP contribution in [-0.2, 0) is 22.2 Å². The summed E-state index contributed by atoms with van der Waals surface area (Å²) in [5, 5.41) is 0. The normalized spacial score (nSPS) is 11.9. The van der Waals surface area contributed by atoms with Gasteiger partial charge in [0.25, 0.3) is 0 Å². The average molecular weight is 330 g/mol. The molecule has 120 valence electrons. The number of benzene rings is 2. The number of sulfonamides is 1. The monoisotopic (exact) mass is 330 g/mol. The van der Waals surface area contributed by atoms with E-state index in [0.717, 1.165) is 22.2 Å². The first-order chi connectivity index (χ1) is 11.0. The van der Waals surface area contributed by atoms with Gasteiger partial charge in [-0.05, 0) is 29.7 Å². The summed E-state index contributed by atoms with van der Waals surface area (Å²) >= 11 is 0. The first-order valence-corrected chi connectivity index (χ1v) is 9.04. The van der Waals surface area contributed by atoms with Gasteiger partial charge in [-0.2, -0.15) is 0 Å². The lowest BCUT2D eigenvalue weighted by Gasteiger charge is -2.07. The van der Waals surface area contributed by atoms with Crippen molar-refractivity contribution in [2.75, 3.05) is 6.54 Å². The van der Waals surface area contributed by atoms with E-state index >= 15 is 0 Å². The number of nitrogens with one attached hydrogen (secondary N) is 1. The maximum absolute atomic E-state index is 12.1. The van der Waals surface area contributed by atoms with Gasteiger partial charge in [0.2, 0.25) is 10.0 Å². The summed E-state index contributed by atoms with van der Waals surface area (Å²) in [5.74, 6) is 0.620. The number of rotatable bonds is 6. The topological polar surface area (TPSA) is 72.2 Å². The van der Waals surface area contributed by atoms with Crippen molar-refractivity contribution in [3.05, 3.63) is 65.5 Å². The number of aromatic nitrogens is 1. The molecule has 3 rings (SSSR count). The Morgan fingerprint density at radius 3 is 2.65 bits per heavy atom. The smallest absolute Gasteiger partial charge is 0.215 e. The largest absolute Gasteiger partial charge is 0.441 e. The van der Waals surface area contributed by atoms with Crippen LogP contribution < -0.4 is 4.72 Å². The van der Waals surface area contributed by atoms with Crippen molar-refractivity contribution in [2.24, 2.45) is 0 Å². The number of fused-ring (bicyclic) bond motifs is 1. The van der Waals surface area contributed by atoms with Crippen LogP contribution in [0.15, 0.2) is 52.9 Å². The molecule has 1 N–H and O–H groups in total. The molecule has 0 spiro atoms.